The van der Waals surface area contributed by atoms with Crippen molar-refractivity contribution in [3.63, 3.8) is 0 Å². The Labute approximate surface area is 146 Å². The Kier molecular flexibility index (Phi) is 5.55. The van der Waals surface area contributed by atoms with Gasteiger partial charge in [0.05, 0.1) is 17.2 Å². The van der Waals surface area contributed by atoms with E-state index in [4.69, 9.17) is 27.9 Å². The molecule has 0 saturated heterocycles. The van der Waals surface area contributed by atoms with E-state index in [9.17, 15) is 4.79 Å². The minimum atomic E-state index is -0.142. The molecule has 0 aliphatic heterocycles. The van der Waals surface area contributed by atoms with E-state index in [1.165, 1.54) is 12.7 Å². The summed E-state index contributed by atoms with van der Waals surface area (Å²) >= 11 is 12.2. The third kappa shape index (κ3) is 3.98. The van der Waals surface area contributed by atoms with Crippen LogP contribution in [0.15, 0.2) is 30.3 Å². The van der Waals surface area contributed by atoms with Gasteiger partial charge in [0.15, 0.2) is 5.75 Å². The van der Waals surface area contributed by atoms with E-state index in [2.05, 4.69) is 6.07 Å². The van der Waals surface area contributed by atoms with Crippen LogP contribution in [-0.2, 0) is 6.54 Å². The number of aryl methyl sites for hydroxylation is 2. The zero-order valence-corrected chi connectivity index (χ0v) is 15.1. The van der Waals surface area contributed by atoms with Gasteiger partial charge in [0, 0.05) is 19.2 Å². The van der Waals surface area contributed by atoms with Crippen molar-refractivity contribution in [2.24, 2.45) is 0 Å². The van der Waals surface area contributed by atoms with Crippen molar-refractivity contribution < 1.29 is 9.53 Å². The maximum Gasteiger partial charge on any atom is 0.254 e. The van der Waals surface area contributed by atoms with Gasteiger partial charge in [0.25, 0.3) is 5.91 Å². The van der Waals surface area contributed by atoms with Gasteiger partial charge in [-0.15, -0.1) is 0 Å². The summed E-state index contributed by atoms with van der Waals surface area (Å²) in [5.74, 6) is 0.235. The van der Waals surface area contributed by atoms with Crippen molar-refractivity contribution >= 4 is 29.1 Å². The van der Waals surface area contributed by atoms with Crippen molar-refractivity contribution in [3.8, 4) is 5.75 Å². The van der Waals surface area contributed by atoms with Crippen LogP contribution in [0.1, 0.15) is 27.0 Å². The first-order chi connectivity index (χ1) is 10.8. The summed E-state index contributed by atoms with van der Waals surface area (Å²) < 4.78 is 5.10. The molecular formula is C18H19Cl2NO2. The molecule has 0 aliphatic carbocycles. The Hall–Kier alpha value is -1.71. The lowest BCUT2D eigenvalue weighted by molar-refractivity contribution is 0.0785. The zero-order valence-electron chi connectivity index (χ0n) is 13.6. The van der Waals surface area contributed by atoms with E-state index >= 15 is 0 Å². The molecule has 122 valence electrons. The molecule has 3 nitrogen and oxygen atoms in total. The van der Waals surface area contributed by atoms with Crippen LogP contribution in [0.3, 0.4) is 0 Å². The molecule has 2 aromatic carbocycles. The molecule has 0 N–H and O–H groups in total. The molecule has 23 heavy (non-hydrogen) atoms. The summed E-state index contributed by atoms with van der Waals surface area (Å²) in [6, 6.07) is 9.35. The SMILES string of the molecule is COc1c(Cl)cc(C(=O)N(C)Cc2ccc(C)cc2C)cc1Cl. The molecule has 5 heteroatoms. The van der Waals surface area contributed by atoms with Gasteiger partial charge in [-0.3, -0.25) is 4.79 Å². The number of hydrogen-bond acceptors (Lipinski definition) is 2. The highest BCUT2D eigenvalue weighted by atomic mass is 35.5. The summed E-state index contributed by atoms with van der Waals surface area (Å²) in [6.45, 7) is 4.61. The molecule has 0 bridgehead atoms. The average Bonchev–Trinajstić information content (AvgIpc) is 2.48. The second-order valence-electron chi connectivity index (χ2n) is 5.56. The molecule has 0 spiro atoms. The van der Waals surface area contributed by atoms with Gasteiger partial charge >= 0.3 is 0 Å². The first-order valence-electron chi connectivity index (χ1n) is 7.18. The summed E-state index contributed by atoms with van der Waals surface area (Å²) in [4.78, 5) is 14.2. The number of carbonyl (C=O) groups excluding carboxylic acids is 1. The van der Waals surface area contributed by atoms with Gasteiger partial charge < -0.3 is 9.64 Å². The van der Waals surface area contributed by atoms with E-state index in [0.717, 1.165) is 11.1 Å². The molecule has 2 rings (SSSR count). The summed E-state index contributed by atoms with van der Waals surface area (Å²) in [5.41, 5.74) is 3.91. The van der Waals surface area contributed by atoms with E-state index < -0.39 is 0 Å². The van der Waals surface area contributed by atoms with Crippen LogP contribution < -0.4 is 4.74 Å². The molecule has 0 heterocycles. The van der Waals surface area contributed by atoms with Gasteiger partial charge in [0.1, 0.15) is 0 Å². The van der Waals surface area contributed by atoms with Crippen molar-refractivity contribution in [3.05, 3.63) is 62.6 Å². The summed E-state index contributed by atoms with van der Waals surface area (Å²) in [5, 5.41) is 0.645. The lowest BCUT2D eigenvalue weighted by atomic mass is 10.1. The number of methoxy groups -OCH3 is 1. The first-order valence-corrected chi connectivity index (χ1v) is 7.93. The number of amides is 1. The van der Waals surface area contributed by atoms with Gasteiger partial charge in [-0.1, -0.05) is 47.0 Å². The number of carbonyl (C=O) groups is 1. The lowest BCUT2D eigenvalue weighted by Crippen LogP contribution is -2.26. The molecule has 0 saturated carbocycles. The monoisotopic (exact) mass is 351 g/mol. The van der Waals surface area contributed by atoms with Crippen molar-refractivity contribution in [1.29, 1.82) is 0 Å². The molecule has 0 atom stereocenters. The number of hydrogen-bond donors (Lipinski definition) is 0. The van der Waals surface area contributed by atoms with Gasteiger partial charge in [-0.25, -0.2) is 0 Å². The van der Waals surface area contributed by atoms with Crippen molar-refractivity contribution in [2.45, 2.75) is 20.4 Å². The largest absolute Gasteiger partial charge is 0.494 e. The van der Waals surface area contributed by atoms with Crippen LogP contribution in [-0.4, -0.2) is 25.0 Å². The molecule has 1 amide bonds. The van der Waals surface area contributed by atoms with Crippen LogP contribution >= 0.6 is 23.2 Å². The Balaban J connectivity index is 2.23. The standard InChI is InChI=1S/C18H19Cl2NO2/c1-11-5-6-13(12(2)7-11)10-21(3)18(22)14-8-15(19)17(23-4)16(20)9-14/h5-9H,10H2,1-4H3. The Morgan fingerprint density at radius 1 is 1.13 bits per heavy atom. The summed E-state index contributed by atoms with van der Waals surface area (Å²) in [7, 11) is 3.24. The average molecular weight is 352 g/mol. The number of ether oxygens (including phenoxy) is 1. The lowest BCUT2D eigenvalue weighted by Gasteiger charge is -2.19. The highest BCUT2D eigenvalue weighted by Crippen LogP contribution is 2.34. The number of rotatable bonds is 4. The van der Waals surface area contributed by atoms with Crippen LogP contribution in [0.4, 0.5) is 0 Å². The van der Waals surface area contributed by atoms with Gasteiger partial charge in [-0.2, -0.15) is 0 Å². The molecule has 0 fully saturated rings. The second kappa shape index (κ2) is 7.24. The zero-order chi connectivity index (χ0) is 17.1. The van der Waals surface area contributed by atoms with Gasteiger partial charge in [-0.05, 0) is 37.1 Å². The van der Waals surface area contributed by atoms with Crippen LogP contribution in [0, 0.1) is 13.8 Å². The Morgan fingerprint density at radius 2 is 1.74 bits per heavy atom. The van der Waals surface area contributed by atoms with Gasteiger partial charge in [0.2, 0.25) is 0 Å². The fourth-order valence-corrected chi connectivity index (χ4v) is 3.09. The number of nitrogens with zero attached hydrogens (tertiary/aromatic N) is 1. The van der Waals surface area contributed by atoms with E-state index in [1.54, 1.807) is 24.1 Å². The molecule has 0 aliphatic rings. The molecule has 2 aromatic rings. The Morgan fingerprint density at radius 3 is 2.26 bits per heavy atom. The fourth-order valence-electron chi connectivity index (χ4n) is 2.45. The maximum atomic E-state index is 12.6. The smallest absolute Gasteiger partial charge is 0.254 e. The minimum Gasteiger partial charge on any atom is -0.494 e. The Bertz CT molecular complexity index is 721. The molecule has 0 unspecified atom stereocenters. The molecule has 0 aromatic heterocycles. The quantitative estimate of drug-likeness (QED) is 0.784. The van der Waals surface area contributed by atoms with Crippen molar-refractivity contribution in [2.75, 3.05) is 14.2 Å². The van der Waals surface area contributed by atoms with Crippen molar-refractivity contribution in [1.82, 2.24) is 4.90 Å². The highest BCUT2D eigenvalue weighted by Gasteiger charge is 2.17. The van der Waals surface area contributed by atoms with E-state index in [0.29, 0.717) is 27.9 Å². The topological polar surface area (TPSA) is 29.5 Å². The van der Waals surface area contributed by atoms with Crippen LogP contribution in [0.25, 0.3) is 0 Å². The normalized spacial score (nSPS) is 10.5. The minimum absolute atomic E-state index is 0.142. The number of halogens is 2. The molecule has 0 radical (unpaired) electrons. The predicted octanol–water partition coefficient (Wildman–Crippen LogP) is 4.89. The second-order valence-corrected chi connectivity index (χ2v) is 6.38. The fraction of sp³-hybridized carbons (Fsp3) is 0.278. The predicted molar refractivity (Wildman–Crippen MR) is 94.7 cm³/mol. The first kappa shape index (κ1) is 17.6. The highest BCUT2D eigenvalue weighted by molar-refractivity contribution is 6.37. The molecular weight excluding hydrogens is 333 g/mol. The third-order valence-electron chi connectivity index (χ3n) is 3.70. The number of benzene rings is 2. The summed E-state index contributed by atoms with van der Waals surface area (Å²) in [6.07, 6.45) is 0. The maximum absolute atomic E-state index is 12.6. The van der Waals surface area contributed by atoms with E-state index in [-0.39, 0.29) is 5.91 Å². The van der Waals surface area contributed by atoms with Crippen LogP contribution in [0.2, 0.25) is 10.0 Å². The van der Waals surface area contributed by atoms with E-state index in [1.807, 2.05) is 26.0 Å². The third-order valence-corrected chi connectivity index (χ3v) is 4.26. The van der Waals surface area contributed by atoms with Crippen LogP contribution in [0.5, 0.6) is 5.75 Å².